The third kappa shape index (κ3) is 6.15. The van der Waals surface area contributed by atoms with Gasteiger partial charge < -0.3 is 4.74 Å². The second-order valence-electron chi connectivity index (χ2n) is 4.99. The van der Waals surface area contributed by atoms with Gasteiger partial charge >= 0.3 is 0 Å². The molecule has 84 valence electrons. The molecule has 1 aromatic carbocycles. The van der Waals surface area contributed by atoms with Gasteiger partial charge in [0.05, 0.1) is 6.61 Å². The molecule has 0 bridgehead atoms. The Morgan fingerprint density at radius 3 is 2.27 bits per heavy atom. The van der Waals surface area contributed by atoms with Gasteiger partial charge in [-0.2, -0.15) is 0 Å². The van der Waals surface area contributed by atoms with Crippen molar-refractivity contribution >= 4 is 22.6 Å². The number of hydrogen-bond donors (Lipinski definition) is 0. The maximum absolute atomic E-state index is 5.63. The van der Waals surface area contributed by atoms with Crippen molar-refractivity contribution in [3.05, 3.63) is 33.4 Å². The molecule has 0 aliphatic heterocycles. The summed E-state index contributed by atoms with van der Waals surface area (Å²) in [6, 6.07) is 8.48. The summed E-state index contributed by atoms with van der Waals surface area (Å²) < 4.78 is 6.90. The van der Waals surface area contributed by atoms with Gasteiger partial charge in [-0.15, -0.1) is 0 Å². The largest absolute Gasteiger partial charge is 0.377 e. The van der Waals surface area contributed by atoms with Crippen LogP contribution in [0.4, 0.5) is 0 Å². The Morgan fingerprint density at radius 1 is 1.13 bits per heavy atom. The van der Waals surface area contributed by atoms with Crippen molar-refractivity contribution in [1.82, 2.24) is 0 Å². The molecule has 0 fully saturated rings. The predicted octanol–water partition coefficient (Wildman–Crippen LogP) is 4.24. The monoisotopic (exact) mass is 318 g/mol. The Kier molecular flexibility index (Phi) is 5.06. The number of hydrogen-bond acceptors (Lipinski definition) is 1. The summed E-state index contributed by atoms with van der Waals surface area (Å²) in [4.78, 5) is 0. The fraction of sp³-hybridized carbons (Fsp3) is 0.538. The molecule has 0 spiro atoms. The summed E-state index contributed by atoms with van der Waals surface area (Å²) in [5.41, 5.74) is 1.62. The topological polar surface area (TPSA) is 9.23 Å². The average Bonchev–Trinajstić information content (AvgIpc) is 2.14. The van der Waals surface area contributed by atoms with Gasteiger partial charge in [-0.3, -0.25) is 0 Å². The van der Waals surface area contributed by atoms with Crippen LogP contribution < -0.4 is 0 Å². The van der Waals surface area contributed by atoms with Crippen molar-refractivity contribution in [3.63, 3.8) is 0 Å². The van der Waals surface area contributed by atoms with E-state index in [9.17, 15) is 0 Å². The minimum Gasteiger partial charge on any atom is -0.377 e. The second-order valence-corrected chi connectivity index (χ2v) is 6.24. The van der Waals surface area contributed by atoms with Crippen molar-refractivity contribution in [2.24, 2.45) is 5.41 Å². The average molecular weight is 318 g/mol. The molecule has 0 radical (unpaired) electrons. The zero-order chi connectivity index (χ0) is 11.3. The lowest BCUT2D eigenvalue weighted by molar-refractivity contribution is 0.0962. The highest BCUT2D eigenvalue weighted by Crippen LogP contribution is 2.18. The highest BCUT2D eigenvalue weighted by molar-refractivity contribution is 14.1. The molecule has 1 aromatic rings. The van der Waals surface area contributed by atoms with Crippen molar-refractivity contribution in [1.29, 1.82) is 0 Å². The van der Waals surface area contributed by atoms with Gasteiger partial charge in [0, 0.05) is 10.2 Å². The van der Waals surface area contributed by atoms with Gasteiger partial charge in [-0.25, -0.2) is 0 Å². The van der Waals surface area contributed by atoms with Crippen molar-refractivity contribution in [2.75, 3.05) is 6.61 Å². The highest BCUT2D eigenvalue weighted by Gasteiger charge is 2.09. The molecule has 0 aliphatic rings. The van der Waals surface area contributed by atoms with Crippen LogP contribution in [0.2, 0.25) is 0 Å². The maximum atomic E-state index is 5.63. The van der Waals surface area contributed by atoms with Gasteiger partial charge in [0.1, 0.15) is 0 Å². The molecule has 0 atom stereocenters. The van der Waals surface area contributed by atoms with E-state index in [0.717, 1.165) is 19.6 Å². The Morgan fingerprint density at radius 2 is 1.73 bits per heavy atom. The van der Waals surface area contributed by atoms with E-state index in [4.69, 9.17) is 4.74 Å². The maximum Gasteiger partial charge on any atom is 0.0716 e. The number of ether oxygens (including phenoxy) is 1. The molecular weight excluding hydrogens is 299 g/mol. The van der Waals surface area contributed by atoms with E-state index in [0.29, 0.717) is 5.41 Å². The molecular formula is C13H19IO. The highest BCUT2D eigenvalue weighted by atomic mass is 127. The van der Waals surface area contributed by atoms with Crippen LogP contribution in [0.1, 0.15) is 32.8 Å². The summed E-state index contributed by atoms with van der Waals surface area (Å²) >= 11 is 2.31. The van der Waals surface area contributed by atoms with Gasteiger partial charge in [-0.05, 0) is 52.1 Å². The zero-order valence-corrected chi connectivity index (χ0v) is 11.9. The molecule has 2 heteroatoms. The third-order valence-electron chi connectivity index (χ3n) is 2.18. The van der Waals surface area contributed by atoms with Crippen LogP contribution in [-0.4, -0.2) is 6.61 Å². The number of halogens is 1. The first-order valence-electron chi connectivity index (χ1n) is 5.29. The molecule has 15 heavy (non-hydrogen) atoms. The molecule has 0 heterocycles. The SMILES string of the molecule is CC(C)(C)CCOCc1ccc(I)cc1. The van der Waals surface area contributed by atoms with E-state index in [2.05, 4.69) is 67.6 Å². The summed E-state index contributed by atoms with van der Waals surface area (Å²) in [6.07, 6.45) is 1.11. The van der Waals surface area contributed by atoms with Crippen LogP contribution in [0.15, 0.2) is 24.3 Å². The molecule has 0 saturated carbocycles. The van der Waals surface area contributed by atoms with Gasteiger partial charge in [0.25, 0.3) is 0 Å². The van der Waals surface area contributed by atoms with Crippen molar-refractivity contribution in [3.8, 4) is 0 Å². The molecule has 0 saturated heterocycles. The lowest BCUT2D eigenvalue weighted by Gasteiger charge is -2.17. The van der Waals surface area contributed by atoms with Gasteiger partial charge in [0.2, 0.25) is 0 Å². The van der Waals surface area contributed by atoms with Gasteiger partial charge in [0.15, 0.2) is 0 Å². The van der Waals surface area contributed by atoms with E-state index in [1.54, 1.807) is 0 Å². The molecule has 0 aliphatic carbocycles. The zero-order valence-electron chi connectivity index (χ0n) is 9.72. The van der Waals surface area contributed by atoms with Crippen molar-refractivity contribution < 1.29 is 4.74 Å². The minimum absolute atomic E-state index is 0.367. The van der Waals surface area contributed by atoms with E-state index in [-0.39, 0.29) is 0 Å². The minimum atomic E-state index is 0.367. The fourth-order valence-electron chi connectivity index (χ4n) is 1.15. The third-order valence-corrected chi connectivity index (χ3v) is 2.90. The Hall–Kier alpha value is -0.0900. The van der Waals surface area contributed by atoms with Crippen LogP contribution in [0.3, 0.4) is 0 Å². The normalized spacial score (nSPS) is 11.7. The van der Waals surface area contributed by atoms with Crippen LogP contribution in [0.5, 0.6) is 0 Å². The predicted molar refractivity (Wildman–Crippen MR) is 72.9 cm³/mol. The van der Waals surface area contributed by atoms with E-state index < -0.39 is 0 Å². The van der Waals surface area contributed by atoms with Crippen LogP contribution in [0.25, 0.3) is 0 Å². The summed E-state index contributed by atoms with van der Waals surface area (Å²) in [6.45, 7) is 8.28. The molecule has 1 rings (SSSR count). The summed E-state index contributed by atoms with van der Waals surface area (Å²) in [7, 11) is 0. The standard InChI is InChI=1S/C13H19IO/c1-13(2,3)8-9-15-10-11-4-6-12(14)7-5-11/h4-7H,8-10H2,1-3H3. The van der Waals surface area contributed by atoms with E-state index >= 15 is 0 Å². The first-order chi connectivity index (χ1) is 6.97. The molecule has 1 nitrogen and oxygen atoms in total. The molecule has 0 unspecified atom stereocenters. The van der Waals surface area contributed by atoms with Crippen LogP contribution in [0, 0.1) is 8.99 Å². The smallest absolute Gasteiger partial charge is 0.0716 e. The lowest BCUT2D eigenvalue weighted by atomic mass is 9.93. The Balaban J connectivity index is 2.23. The number of benzene rings is 1. The first-order valence-corrected chi connectivity index (χ1v) is 6.37. The Bertz CT molecular complexity index is 284. The number of rotatable bonds is 4. The van der Waals surface area contributed by atoms with Crippen molar-refractivity contribution in [2.45, 2.75) is 33.8 Å². The fourth-order valence-corrected chi connectivity index (χ4v) is 1.51. The first kappa shape index (κ1) is 13.0. The molecule has 0 aromatic heterocycles. The Labute approximate surface area is 106 Å². The van der Waals surface area contributed by atoms with Gasteiger partial charge in [-0.1, -0.05) is 32.9 Å². The van der Waals surface area contributed by atoms with E-state index in [1.165, 1.54) is 9.13 Å². The summed E-state index contributed by atoms with van der Waals surface area (Å²) in [5.74, 6) is 0. The molecule has 0 amide bonds. The quantitative estimate of drug-likeness (QED) is 0.596. The van der Waals surface area contributed by atoms with E-state index in [1.807, 2.05) is 0 Å². The lowest BCUT2D eigenvalue weighted by Crippen LogP contribution is -2.09. The summed E-state index contributed by atoms with van der Waals surface area (Å²) in [5, 5.41) is 0. The second kappa shape index (κ2) is 5.85. The van der Waals surface area contributed by atoms with Crippen LogP contribution >= 0.6 is 22.6 Å². The van der Waals surface area contributed by atoms with Crippen LogP contribution in [-0.2, 0) is 11.3 Å². The molecule has 0 N–H and O–H groups in total.